The van der Waals surface area contributed by atoms with Crippen LogP contribution in [0.15, 0.2) is 200 Å². The molecule has 58 heavy (non-hydrogen) atoms. The van der Waals surface area contributed by atoms with Crippen molar-refractivity contribution in [1.29, 1.82) is 0 Å². The van der Waals surface area contributed by atoms with Crippen molar-refractivity contribution in [1.82, 2.24) is 15.0 Å². The van der Waals surface area contributed by atoms with Crippen LogP contribution in [-0.2, 0) is 5.41 Å². The van der Waals surface area contributed by atoms with E-state index in [-0.39, 0.29) is 0 Å². The monoisotopic (exact) mass is 755 g/mol. The quantitative estimate of drug-likeness (QED) is 0.164. The molecule has 0 fully saturated rings. The minimum absolute atomic E-state index is 0.480. The number of hydrogen-bond donors (Lipinski definition) is 0. The van der Waals surface area contributed by atoms with Crippen molar-refractivity contribution in [3.63, 3.8) is 0 Å². The van der Waals surface area contributed by atoms with Gasteiger partial charge in [0.25, 0.3) is 0 Å². The predicted molar refractivity (Wildman–Crippen MR) is 241 cm³/mol. The van der Waals surface area contributed by atoms with Crippen molar-refractivity contribution in [2.75, 3.05) is 0 Å². The highest BCUT2D eigenvalue weighted by atomic mass is 32.1. The molecule has 0 N–H and O–H groups in total. The highest BCUT2D eigenvalue weighted by Crippen LogP contribution is 2.56. The predicted octanol–water partition coefficient (Wildman–Crippen LogP) is 13.9. The fourth-order valence-electron chi connectivity index (χ4n) is 9.45. The summed E-state index contributed by atoms with van der Waals surface area (Å²) < 4.78 is 2.49. The van der Waals surface area contributed by atoms with Crippen LogP contribution in [0.4, 0.5) is 0 Å². The van der Waals surface area contributed by atoms with Crippen molar-refractivity contribution in [3.05, 3.63) is 222 Å². The third-order valence-electron chi connectivity index (χ3n) is 12.0. The topological polar surface area (TPSA) is 38.7 Å². The van der Waals surface area contributed by atoms with E-state index < -0.39 is 5.41 Å². The third kappa shape index (κ3) is 4.89. The molecular weight excluding hydrogens is 723 g/mol. The highest BCUT2D eigenvalue weighted by molar-refractivity contribution is 7.25. The van der Waals surface area contributed by atoms with Gasteiger partial charge in [-0.1, -0.05) is 188 Å². The van der Waals surface area contributed by atoms with Gasteiger partial charge in [0.15, 0.2) is 17.5 Å². The second-order valence-corrected chi connectivity index (χ2v) is 16.2. The summed E-state index contributed by atoms with van der Waals surface area (Å²) in [6, 6.07) is 72.2. The first-order valence-electron chi connectivity index (χ1n) is 19.7. The Morgan fingerprint density at radius 1 is 0.345 bits per heavy atom. The summed E-state index contributed by atoms with van der Waals surface area (Å²) in [5, 5.41) is 7.18. The summed E-state index contributed by atoms with van der Waals surface area (Å²) in [4.78, 5) is 15.8. The van der Waals surface area contributed by atoms with Crippen LogP contribution in [0.5, 0.6) is 0 Å². The molecule has 3 nitrogen and oxygen atoms in total. The van der Waals surface area contributed by atoms with Gasteiger partial charge in [-0.15, -0.1) is 11.3 Å². The maximum atomic E-state index is 5.31. The van der Waals surface area contributed by atoms with Crippen LogP contribution in [0.25, 0.3) is 87.0 Å². The average Bonchev–Trinajstić information content (AvgIpc) is 3.82. The van der Waals surface area contributed by atoms with E-state index in [9.17, 15) is 0 Å². The molecule has 4 heteroatoms. The van der Waals surface area contributed by atoms with Crippen molar-refractivity contribution >= 4 is 53.1 Å². The Bertz CT molecular complexity index is 3360. The Hall–Kier alpha value is -7.27. The standard InChI is InChI=1S/C54H33N3S/c1-2-15-38(16-3-1)54(46-22-9-6-18-41(46)42-19-7-10-23-47(42)54)39-30-27-36(28-31-39)51-55-52(37-29-32-44-43-20-8-11-24-48(43)58-49(44)33-37)57-53(56-51)45-21-12-14-35-26-25-34-13-4-5-17-40(34)50(35)45/h1-33H. The molecule has 1 aliphatic carbocycles. The van der Waals surface area contributed by atoms with E-state index >= 15 is 0 Å². The zero-order valence-electron chi connectivity index (χ0n) is 31.3. The van der Waals surface area contributed by atoms with Gasteiger partial charge >= 0.3 is 0 Å². The Balaban J connectivity index is 1.07. The average molecular weight is 756 g/mol. The minimum atomic E-state index is -0.480. The molecule has 0 saturated carbocycles. The number of nitrogens with zero attached hydrogens (tertiary/aromatic N) is 3. The molecular formula is C54H33N3S. The summed E-state index contributed by atoms with van der Waals surface area (Å²) in [6.45, 7) is 0. The van der Waals surface area contributed by atoms with Gasteiger partial charge in [0, 0.05) is 42.2 Å². The van der Waals surface area contributed by atoms with Crippen LogP contribution in [0.1, 0.15) is 22.3 Å². The lowest BCUT2D eigenvalue weighted by molar-refractivity contribution is 0.768. The van der Waals surface area contributed by atoms with Gasteiger partial charge < -0.3 is 0 Å². The Labute approximate surface area is 339 Å². The van der Waals surface area contributed by atoms with Crippen LogP contribution in [0.2, 0.25) is 0 Å². The van der Waals surface area contributed by atoms with Crippen molar-refractivity contribution in [2.24, 2.45) is 0 Å². The fraction of sp³-hybridized carbons (Fsp3) is 0.0185. The van der Waals surface area contributed by atoms with E-state index in [0.29, 0.717) is 17.5 Å². The Kier molecular flexibility index (Phi) is 7.31. The number of fused-ring (bicyclic) bond motifs is 9. The second-order valence-electron chi connectivity index (χ2n) is 15.1. The normalized spacial score (nSPS) is 13.0. The fourth-order valence-corrected chi connectivity index (χ4v) is 10.6. The van der Waals surface area contributed by atoms with Crippen LogP contribution >= 0.6 is 11.3 Å². The molecule has 0 spiro atoms. The van der Waals surface area contributed by atoms with Gasteiger partial charge in [-0.25, -0.2) is 15.0 Å². The first-order valence-corrected chi connectivity index (χ1v) is 20.5. The molecule has 0 aliphatic heterocycles. The number of thiophene rings is 1. The van der Waals surface area contributed by atoms with Crippen LogP contribution < -0.4 is 0 Å². The molecule has 0 bridgehead atoms. The molecule has 2 heterocycles. The molecule has 1 aliphatic rings. The maximum absolute atomic E-state index is 5.31. The van der Waals surface area contributed by atoms with Gasteiger partial charge in [-0.3, -0.25) is 0 Å². The molecule has 9 aromatic carbocycles. The largest absolute Gasteiger partial charge is 0.208 e. The minimum Gasteiger partial charge on any atom is -0.208 e. The molecule has 0 amide bonds. The third-order valence-corrected chi connectivity index (χ3v) is 13.2. The molecule has 2 aromatic heterocycles. The summed E-state index contributed by atoms with van der Waals surface area (Å²) in [5.41, 5.74) is 9.98. The van der Waals surface area contributed by atoms with Crippen molar-refractivity contribution in [2.45, 2.75) is 5.41 Å². The smallest absolute Gasteiger partial charge is 0.164 e. The number of hydrogen-bond acceptors (Lipinski definition) is 4. The number of aromatic nitrogens is 3. The summed E-state index contributed by atoms with van der Waals surface area (Å²) in [7, 11) is 0. The lowest BCUT2D eigenvalue weighted by Crippen LogP contribution is -2.28. The lowest BCUT2D eigenvalue weighted by atomic mass is 9.67. The lowest BCUT2D eigenvalue weighted by Gasteiger charge is -2.34. The molecule has 0 saturated heterocycles. The SMILES string of the molecule is c1ccc(C2(c3ccc(-c4nc(-c5ccc6c(c5)sc5ccccc56)nc(-c5cccc6ccc7ccccc7c56)n4)cc3)c3ccccc3-c3ccccc32)cc1. The molecule has 11 aromatic rings. The first kappa shape index (κ1) is 32.9. The van der Waals surface area contributed by atoms with Gasteiger partial charge in [0.2, 0.25) is 0 Å². The van der Waals surface area contributed by atoms with E-state index in [0.717, 1.165) is 27.5 Å². The number of benzene rings is 9. The second kappa shape index (κ2) is 12.9. The van der Waals surface area contributed by atoms with E-state index in [2.05, 4.69) is 200 Å². The summed E-state index contributed by atoms with van der Waals surface area (Å²) in [6.07, 6.45) is 0. The van der Waals surface area contributed by atoms with Crippen LogP contribution in [0.3, 0.4) is 0 Å². The van der Waals surface area contributed by atoms with E-state index in [4.69, 9.17) is 15.0 Å². The molecule has 0 unspecified atom stereocenters. The van der Waals surface area contributed by atoms with Gasteiger partial charge in [-0.05, 0) is 61.7 Å². The van der Waals surface area contributed by atoms with Gasteiger partial charge in [-0.2, -0.15) is 0 Å². The van der Waals surface area contributed by atoms with Crippen molar-refractivity contribution in [3.8, 4) is 45.3 Å². The molecule has 270 valence electrons. The summed E-state index contributed by atoms with van der Waals surface area (Å²) in [5.74, 6) is 1.95. The van der Waals surface area contributed by atoms with E-state index in [1.54, 1.807) is 11.3 Å². The van der Waals surface area contributed by atoms with E-state index in [1.165, 1.54) is 64.3 Å². The number of rotatable bonds is 5. The molecule has 0 radical (unpaired) electrons. The Morgan fingerprint density at radius 3 is 1.69 bits per heavy atom. The van der Waals surface area contributed by atoms with Gasteiger partial charge in [0.1, 0.15) is 0 Å². The maximum Gasteiger partial charge on any atom is 0.164 e. The molecule has 0 atom stereocenters. The van der Waals surface area contributed by atoms with E-state index in [1.807, 2.05) is 0 Å². The zero-order valence-corrected chi connectivity index (χ0v) is 32.1. The van der Waals surface area contributed by atoms with Crippen LogP contribution in [-0.4, -0.2) is 15.0 Å². The molecule has 12 rings (SSSR count). The van der Waals surface area contributed by atoms with Crippen LogP contribution in [0, 0.1) is 0 Å². The highest BCUT2D eigenvalue weighted by Gasteiger charge is 2.45. The summed E-state index contributed by atoms with van der Waals surface area (Å²) >= 11 is 1.81. The zero-order chi connectivity index (χ0) is 38.2. The van der Waals surface area contributed by atoms with Gasteiger partial charge in [0.05, 0.1) is 5.41 Å². The Morgan fingerprint density at radius 2 is 0.897 bits per heavy atom. The first-order chi connectivity index (χ1) is 28.7. The van der Waals surface area contributed by atoms with Crippen molar-refractivity contribution < 1.29 is 0 Å².